The van der Waals surface area contributed by atoms with Crippen LogP contribution < -0.4 is 10.5 Å². The van der Waals surface area contributed by atoms with E-state index >= 15 is 0 Å². The molecule has 0 aliphatic heterocycles. The first kappa shape index (κ1) is 15.5. The summed E-state index contributed by atoms with van der Waals surface area (Å²) in [6.45, 7) is 7.63. The first-order valence-electron chi connectivity index (χ1n) is 6.98. The Morgan fingerprint density at radius 3 is 2.24 bits per heavy atom. The number of methoxy groups -OCH3 is 1. The van der Waals surface area contributed by atoms with Crippen LogP contribution in [0.1, 0.15) is 34.7 Å². The summed E-state index contributed by atoms with van der Waals surface area (Å²) in [5, 5.41) is 0. The van der Waals surface area contributed by atoms with Crippen LogP contribution in [0.4, 0.5) is 4.39 Å². The van der Waals surface area contributed by atoms with Crippen molar-refractivity contribution in [2.45, 2.75) is 33.2 Å². The van der Waals surface area contributed by atoms with E-state index in [9.17, 15) is 4.39 Å². The fourth-order valence-corrected chi connectivity index (χ4v) is 2.64. The number of nitrogens with two attached hydrogens (primary N) is 1. The molecule has 0 saturated carbocycles. The highest BCUT2D eigenvalue weighted by Crippen LogP contribution is 2.33. The average Bonchev–Trinajstić information content (AvgIpc) is 2.43. The molecule has 2 aromatic rings. The second-order valence-corrected chi connectivity index (χ2v) is 5.80. The van der Waals surface area contributed by atoms with E-state index in [1.165, 1.54) is 6.07 Å². The van der Waals surface area contributed by atoms with Crippen molar-refractivity contribution in [2.75, 3.05) is 7.11 Å². The van der Waals surface area contributed by atoms with Crippen LogP contribution in [0.3, 0.4) is 0 Å². The molecule has 0 radical (unpaired) electrons. The van der Waals surface area contributed by atoms with Gasteiger partial charge in [-0.25, -0.2) is 4.39 Å². The summed E-state index contributed by atoms with van der Waals surface area (Å²) in [6.07, 6.45) is 0. The van der Waals surface area contributed by atoms with Gasteiger partial charge in [-0.2, -0.15) is 0 Å². The van der Waals surface area contributed by atoms with Crippen molar-refractivity contribution in [3.8, 4) is 5.75 Å². The van der Waals surface area contributed by atoms with E-state index in [0.29, 0.717) is 5.56 Å². The van der Waals surface area contributed by atoms with Crippen molar-refractivity contribution in [3.63, 3.8) is 0 Å². The molecule has 21 heavy (non-hydrogen) atoms. The lowest BCUT2D eigenvalue weighted by molar-refractivity contribution is 0.410. The Morgan fingerprint density at radius 1 is 1.00 bits per heavy atom. The number of ether oxygens (including phenoxy) is 1. The summed E-state index contributed by atoms with van der Waals surface area (Å²) in [5.41, 5.74) is 10.2. The molecule has 0 bridgehead atoms. The number of hydrogen-bond acceptors (Lipinski definition) is 2. The lowest BCUT2D eigenvalue weighted by Crippen LogP contribution is -2.35. The lowest BCUT2D eigenvalue weighted by atomic mass is 9.82. The fourth-order valence-electron chi connectivity index (χ4n) is 2.64. The van der Waals surface area contributed by atoms with E-state index in [1.807, 2.05) is 39.0 Å². The molecule has 1 atom stereocenters. The Morgan fingerprint density at radius 2 is 1.67 bits per heavy atom. The molecule has 0 spiro atoms. The highest BCUT2D eigenvalue weighted by atomic mass is 19.1. The predicted molar refractivity (Wildman–Crippen MR) is 84.2 cm³/mol. The third-order valence-corrected chi connectivity index (χ3v) is 4.07. The molecule has 1 unspecified atom stereocenters. The third-order valence-electron chi connectivity index (χ3n) is 4.07. The molecule has 0 saturated heterocycles. The number of hydrogen-bond donors (Lipinski definition) is 1. The van der Waals surface area contributed by atoms with E-state index in [1.54, 1.807) is 20.1 Å². The van der Waals surface area contributed by atoms with Crippen LogP contribution in [0.25, 0.3) is 0 Å². The maximum Gasteiger partial charge on any atom is 0.126 e. The van der Waals surface area contributed by atoms with Crippen LogP contribution in [0.5, 0.6) is 5.75 Å². The molecule has 2 aromatic carbocycles. The van der Waals surface area contributed by atoms with Gasteiger partial charge in [0.2, 0.25) is 0 Å². The molecule has 0 fully saturated rings. The van der Waals surface area contributed by atoms with E-state index in [-0.39, 0.29) is 5.82 Å². The van der Waals surface area contributed by atoms with Gasteiger partial charge < -0.3 is 10.5 Å². The number of benzene rings is 2. The smallest absolute Gasteiger partial charge is 0.126 e. The van der Waals surface area contributed by atoms with Crippen LogP contribution in [0.15, 0.2) is 30.3 Å². The minimum absolute atomic E-state index is 0.230. The fraction of sp³-hybridized carbons (Fsp3) is 0.333. The third kappa shape index (κ3) is 2.79. The summed E-state index contributed by atoms with van der Waals surface area (Å²) in [5.74, 6) is 0.606. The Bertz CT molecular complexity index is 677. The quantitative estimate of drug-likeness (QED) is 0.926. The Kier molecular flexibility index (Phi) is 4.06. The van der Waals surface area contributed by atoms with Gasteiger partial charge in [0.05, 0.1) is 12.6 Å². The Labute approximate surface area is 125 Å². The van der Waals surface area contributed by atoms with Crippen molar-refractivity contribution in [1.82, 2.24) is 0 Å². The van der Waals surface area contributed by atoms with Crippen LogP contribution in [0, 0.1) is 26.6 Å². The molecule has 2 N–H and O–H groups in total. The number of aryl methyl sites for hydroxylation is 3. The van der Waals surface area contributed by atoms with Gasteiger partial charge in [-0.1, -0.05) is 12.1 Å². The van der Waals surface area contributed by atoms with Crippen molar-refractivity contribution in [2.24, 2.45) is 5.73 Å². The SMILES string of the molecule is COc1cc(C)c(C(C)(N)c2ccc(C)c(F)c2)cc1C. The normalized spacial score (nSPS) is 13.9. The monoisotopic (exact) mass is 287 g/mol. The average molecular weight is 287 g/mol. The summed E-state index contributed by atoms with van der Waals surface area (Å²) >= 11 is 0. The molecule has 112 valence electrons. The molecule has 2 rings (SSSR count). The maximum absolute atomic E-state index is 13.8. The molecule has 2 nitrogen and oxygen atoms in total. The first-order valence-corrected chi connectivity index (χ1v) is 6.98. The number of halogens is 1. The summed E-state index contributed by atoms with van der Waals surface area (Å²) in [6, 6.07) is 9.17. The molecule has 3 heteroatoms. The molecule has 0 aliphatic carbocycles. The van der Waals surface area contributed by atoms with Gasteiger partial charge in [-0.3, -0.25) is 0 Å². The summed E-state index contributed by atoms with van der Waals surface area (Å²) in [4.78, 5) is 0. The van der Waals surface area contributed by atoms with Crippen molar-refractivity contribution in [1.29, 1.82) is 0 Å². The largest absolute Gasteiger partial charge is 0.496 e. The summed E-state index contributed by atoms with van der Waals surface area (Å²) in [7, 11) is 1.65. The van der Waals surface area contributed by atoms with E-state index < -0.39 is 5.54 Å². The minimum atomic E-state index is -0.754. The van der Waals surface area contributed by atoms with Crippen LogP contribution >= 0.6 is 0 Å². The van der Waals surface area contributed by atoms with Crippen LogP contribution in [-0.4, -0.2) is 7.11 Å². The van der Waals surface area contributed by atoms with Gasteiger partial charge in [0.25, 0.3) is 0 Å². The second-order valence-electron chi connectivity index (χ2n) is 5.80. The minimum Gasteiger partial charge on any atom is -0.496 e. The van der Waals surface area contributed by atoms with E-state index in [2.05, 4.69) is 0 Å². The summed E-state index contributed by atoms with van der Waals surface area (Å²) < 4.78 is 19.2. The topological polar surface area (TPSA) is 35.2 Å². The molecular formula is C18H22FNO. The van der Waals surface area contributed by atoms with E-state index in [0.717, 1.165) is 28.0 Å². The molecule has 0 aliphatic rings. The van der Waals surface area contributed by atoms with Gasteiger partial charge in [0.1, 0.15) is 11.6 Å². The molecule has 0 amide bonds. The van der Waals surface area contributed by atoms with Crippen LogP contribution in [-0.2, 0) is 5.54 Å². The zero-order valence-electron chi connectivity index (χ0n) is 13.3. The zero-order chi connectivity index (χ0) is 15.8. The molecular weight excluding hydrogens is 265 g/mol. The van der Waals surface area contributed by atoms with Crippen LogP contribution in [0.2, 0.25) is 0 Å². The highest BCUT2D eigenvalue weighted by molar-refractivity contribution is 5.48. The van der Waals surface area contributed by atoms with Crippen molar-refractivity contribution < 1.29 is 9.13 Å². The van der Waals surface area contributed by atoms with Crippen molar-refractivity contribution >= 4 is 0 Å². The Hall–Kier alpha value is -1.87. The Balaban J connectivity index is 2.57. The zero-order valence-corrected chi connectivity index (χ0v) is 13.3. The van der Waals surface area contributed by atoms with Gasteiger partial charge in [-0.05, 0) is 73.7 Å². The van der Waals surface area contributed by atoms with Crippen molar-refractivity contribution in [3.05, 3.63) is 64.0 Å². The van der Waals surface area contributed by atoms with Gasteiger partial charge in [0.15, 0.2) is 0 Å². The van der Waals surface area contributed by atoms with Gasteiger partial charge in [0, 0.05) is 0 Å². The predicted octanol–water partition coefficient (Wildman–Crippen LogP) is 3.98. The second kappa shape index (κ2) is 5.49. The highest BCUT2D eigenvalue weighted by Gasteiger charge is 2.27. The van der Waals surface area contributed by atoms with Gasteiger partial charge >= 0.3 is 0 Å². The van der Waals surface area contributed by atoms with Gasteiger partial charge in [-0.15, -0.1) is 0 Å². The number of rotatable bonds is 3. The maximum atomic E-state index is 13.8. The standard InChI is InChI=1S/C18H22FNO/c1-11-6-7-14(10-16(11)19)18(4,20)15-8-13(3)17(21-5)9-12(15)2/h6-10H,20H2,1-5H3. The lowest BCUT2D eigenvalue weighted by Gasteiger charge is -2.29. The molecule has 0 aromatic heterocycles. The molecule has 0 heterocycles. The van der Waals surface area contributed by atoms with E-state index in [4.69, 9.17) is 10.5 Å². The first-order chi connectivity index (χ1) is 9.77.